The minimum absolute atomic E-state index is 0.145. The fraction of sp³-hybridized carbons (Fsp3) is 0.318. The molecule has 2 aromatic carbocycles. The summed E-state index contributed by atoms with van der Waals surface area (Å²) in [5.74, 6) is -2.68. The van der Waals surface area contributed by atoms with Crippen molar-refractivity contribution < 1.29 is 23.2 Å². The van der Waals surface area contributed by atoms with Gasteiger partial charge in [0.25, 0.3) is 5.91 Å². The van der Waals surface area contributed by atoms with Crippen LogP contribution in [-0.4, -0.2) is 53.7 Å². The topological polar surface area (TPSA) is 69.7 Å². The molecule has 4 rings (SSSR count). The van der Waals surface area contributed by atoms with Gasteiger partial charge in [0.2, 0.25) is 11.8 Å². The van der Waals surface area contributed by atoms with E-state index in [0.717, 1.165) is 0 Å². The van der Waals surface area contributed by atoms with Gasteiger partial charge in [0, 0.05) is 37.4 Å². The summed E-state index contributed by atoms with van der Waals surface area (Å²) in [6.45, 7) is 1.50. The van der Waals surface area contributed by atoms with Gasteiger partial charge in [-0.3, -0.25) is 14.4 Å². The molecule has 0 aromatic heterocycles. The number of benzene rings is 2. The number of amides is 3. The maximum absolute atomic E-state index is 13.5. The molecule has 8 heteroatoms. The average Bonchev–Trinajstić information content (AvgIpc) is 2.99. The highest BCUT2D eigenvalue weighted by molar-refractivity contribution is 6.08. The second-order valence-corrected chi connectivity index (χ2v) is 7.53. The molecule has 1 N–H and O–H groups in total. The van der Waals surface area contributed by atoms with E-state index in [9.17, 15) is 23.2 Å². The predicted molar refractivity (Wildman–Crippen MR) is 106 cm³/mol. The molecule has 3 amide bonds. The van der Waals surface area contributed by atoms with Crippen LogP contribution in [0.3, 0.4) is 0 Å². The van der Waals surface area contributed by atoms with Gasteiger partial charge in [-0.2, -0.15) is 0 Å². The van der Waals surface area contributed by atoms with Gasteiger partial charge >= 0.3 is 0 Å². The van der Waals surface area contributed by atoms with Crippen LogP contribution in [-0.2, 0) is 16.0 Å². The molecule has 1 atom stereocenters. The average molecular weight is 413 g/mol. The Kier molecular flexibility index (Phi) is 5.48. The summed E-state index contributed by atoms with van der Waals surface area (Å²) in [7, 11) is 0. The van der Waals surface area contributed by atoms with Crippen LogP contribution in [0.4, 0.5) is 14.5 Å². The molecule has 156 valence electrons. The number of fused-ring (bicyclic) bond motifs is 1. The third-order valence-electron chi connectivity index (χ3n) is 5.55. The van der Waals surface area contributed by atoms with E-state index in [1.165, 1.54) is 42.5 Å². The third-order valence-corrected chi connectivity index (χ3v) is 5.55. The van der Waals surface area contributed by atoms with Crippen LogP contribution in [0.1, 0.15) is 22.3 Å². The fourth-order valence-electron chi connectivity index (χ4n) is 3.92. The molecule has 0 bridgehead atoms. The van der Waals surface area contributed by atoms with Crippen molar-refractivity contribution >= 4 is 23.4 Å². The molecule has 0 spiro atoms. The van der Waals surface area contributed by atoms with Crippen LogP contribution >= 0.6 is 0 Å². The van der Waals surface area contributed by atoms with E-state index in [4.69, 9.17) is 0 Å². The highest BCUT2D eigenvalue weighted by atomic mass is 19.1. The van der Waals surface area contributed by atoms with Crippen LogP contribution in [0.5, 0.6) is 0 Å². The zero-order chi connectivity index (χ0) is 21.3. The zero-order valence-electron chi connectivity index (χ0n) is 16.2. The molecule has 2 aliphatic rings. The van der Waals surface area contributed by atoms with Gasteiger partial charge in [0.05, 0.1) is 0 Å². The first kappa shape index (κ1) is 20.0. The molecule has 0 radical (unpaired) electrons. The molecule has 2 aromatic rings. The molecular formula is C22H21F2N3O3. The normalized spacial score (nSPS) is 19.0. The van der Waals surface area contributed by atoms with Crippen molar-refractivity contribution in [2.24, 2.45) is 5.92 Å². The van der Waals surface area contributed by atoms with Gasteiger partial charge in [-0.25, -0.2) is 8.78 Å². The number of nitrogens with one attached hydrogen (secondary N) is 1. The van der Waals surface area contributed by atoms with Crippen molar-refractivity contribution in [3.8, 4) is 0 Å². The van der Waals surface area contributed by atoms with E-state index in [-0.39, 0.29) is 18.2 Å². The lowest BCUT2D eigenvalue weighted by molar-refractivity contribution is -0.140. The number of hydrogen-bond acceptors (Lipinski definition) is 3. The SMILES string of the molecule is O=C1Nc2ccc(F)cc2CC1C(=O)N1CCCN(C(=O)c2ccc(F)cc2)CC1. The Hall–Kier alpha value is -3.29. The number of carbonyl (C=O) groups is 3. The molecule has 1 unspecified atom stereocenters. The molecular weight excluding hydrogens is 392 g/mol. The van der Waals surface area contributed by atoms with Gasteiger partial charge in [-0.05, 0) is 60.9 Å². The van der Waals surface area contributed by atoms with Crippen molar-refractivity contribution in [1.82, 2.24) is 9.80 Å². The van der Waals surface area contributed by atoms with Crippen molar-refractivity contribution in [2.75, 3.05) is 31.5 Å². The maximum Gasteiger partial charge on any atom is 0.253 e. The third kappa shape index (κ3) is 4.03. The molecule has 2 aliphatic heterocycles. The molecule has 1 fully saturated rings. The lowest BCUT2D eigenvalue weighted by atomic mass is 9.92. The van der Waals surface area contributed by atoms with Crippen LogP contribution in [0, 0.1) is 17.6 Å². The Morgan fingerprint density at radius 2 is 1.57 bits per heavy atom. The highest BCUT2D eigenvalue weighted by Crippen LogP contribution is 2.27. The first-order chi connectivity index (χ1) is 14.4. The first-order valence-corrected chi connectivity index (χ1v) is 9.85. The maximum atomic E-state index is 13.5. The van der Waals surface area contributed by atoms with Gasteiger partial charge < -0.3 is 15.1 Å². The largest absolute Gasteiger partial charge is 0.340 e. The number of rotatable bonds is 2. The molecule has 1 saturated heterocycles. The van der Waals surface area contributed by atoms with Gasteiger partial charge in [-0.15, -0.1) is 0 Å². The smallest absolute Gasteiger partial charge is 0.253 e. The van der Waals surface area contributed by atoms with E-state index < -0.39 is 23.5 Å². The molecule has 0 aliphatic carbocycles. The molecule has 2 heterocycles. The van der Waals surface area contributed by atoms with E-state index in [0.29, 0.717) is 49.4 Å². The van der Waals surface area contributed by atoms with Gasteiger partial charge in [0.1, 0.15) is 17.6 Å². The predicted octanol–water partition coefficient (Wildman–Crippen LogP) is 2.45. The van der Waals surface area contributed by atoms with E-state index in [1.54, 1.807) is 9.80 Å². The monoisotopic (exact) mass is 413 g/mol. The van der Waals surface area contributed by atoms with Crippen molar-refractivity contribution in [3.63, 3.8) is 0 Å². The molecule has 6 nitrogen and oxygen atoms in total. The number of nitrogens with zero attached hydrogens (tertiary/aromatic N) is 2. The Balaban J connectivity index is 1.43. The fourth-order valence-corrected chi connectivity index (χ4v) is 3.92. The van der Waals surface area contributed by atoms with Crippen molar-refractivity contribution in [1.29, 1.82) is 0 Å². The standard InChI is InChI=1S/C22H21F2N3O3/c23-16-4-2-14(3-5-16)21(29)26-8-1-9-27(11-10-26)22(30)18-13-15-12-17(24)6-7-19(15)25-20(18)28/h2-7,12,18H,1,8-11,13H2,(H,25,28). The summed E-state index contributed by atoms with van der Waals surface area (Å²) in [6.07, 6.45) is 0.713. The van der Waals surface area contributed by atoms with Crippen molar-refractivity contribution in [3.05, 3.63) is 65.2 Å². The Bertz CT molecular complexity index is 994. The van der Waals surface area contributed by atoms with E-state index in [2.05, 4.69) is 5.32 Å². The summed E-state index contributed by atoms with van der Waals surface area (Å²) in [4.78, 5) is 41.4. The van der Waals surface area contributed by atoms with Gasteiger partial charge in [0.15, 0.2) is 0 Å². The molecule has 30 heavy (non-hydrogen) atoms. The Morgan fingerprint density at radius 1 is 0.900 bits per heavy atom. The minimum Gasteiger partial charge on any atom is -0.340 e. The van der Waals surface area contributed by atoms with Crippen LogP contribution in [0.2, 0.25) is 0 Å². The number of anilines is 1. The van der Waals surface area contributed by atoms with Gasteiger partial charge in [-0.1, -0.05) is 0 Å². The summed E-state index contributed by atoms with van der Waals surface area (Å²) < 4.78 is 26.6. The van der Waals surface area contributed by atoms with Crippen LogP contribution in [0.15, 0.2) is 42.5 Å². The Morgan fingerprint density at radius 3 is 2.33 bits per heavy atom. The summed E-state index contributed by atoms with van der Waals surface area (Å²) >= 11 is 0. The number of halogens is 2. The first-order valence-electron chi connectivity index (χ1n) is 9.85. The lowest BCUT2D eigenvalue weighted by Gasteiger charge is -2.29. The number of hydrogen-bond donors (Lipinski definition) is 1. The molecule has 0 saturated carbocycles. The summed E-state index contributed by atoms with van der Waals surface area (Å²) in [5.41, 5.74) is 1.51. The van der Waals surface area contributed by atoms with E-state index in [1.807, 2.05) is 0 Å². The van der Waals surface area contributed by atoms with Crippen molar-refractivity contribution in [2.45, 2.75) is 12.8 Å². The number of carbonyl (C=O) groups excluding carboxylic acids is 3. The van der Waals surface area contributed by atoms with Crippen LogP contribution < -0.4 is 5.32 Å². The second kappa shape index (κ2) is 8.22. The van der Waals surface area contributed by atoms with E-state index >= 15 is 0 Å². The highest BCUT2D eigenvalue weighted by Gasteiger charge is 2.36. The summed E-state index contributed by atoms with van der Waals surface area (Å²) in [6, 6.07) is 9.45. The minimum atomic E-state index is -0.918. The zero-order valence-corrected chi connectivity index (χ0v) is 16.2. The summed E-state index contributed by atoms with van der Waals surface area (Å²) in [5, 5.41) is 2.68. The quantitative estimate of drug-likeness (QED) is 0.769. The Labute approximate surface area is 172 Å². The van der Waals surface area contributed by atoms with Crippen LogP contribution in [0.25, 0.3) is 0 Å². The lowest BCUT2D eigenvalue weighted by Crippen LogP contribution is -2.45. The second-order valence-electron chi connectivity index (χ2n) is 7.53.